The molecular formula is C16H11BrCl2N2. The lowest BCUT2D eigenvalue weighted by Crippen LogP contribution is -1.95. The number of alkyl halides is 1. The summed E-state index contributed by atoms with van der Waals surface area (Å²) >= 11 is 16.3. The van der Waals surface area contributed by atoms with Crippen molar-refractivity contribution in [1.29, 1.82) is 0 Å². The molecule has 0 saturated carbocycles. The Morgan fingerprint density at radius 2 is 1.81 bits per heavy atom. The lowest BCUT2D eigenvalue weighted by atomic mass is 10.1. The van der Waals surface area contributed by atoms with Crippen LogP contribution < -0.4 is 0 Å². The predicted octanol–water partition coefficient (Wildman–Crippen LogP) is 5.62. The smallest absolute Gasteiger partial charge is 0.0880 e. The number of nitrogens with zero attached hydrogens (tertiary/aromatic N) is 2. The van der Waals surface area contributed by atoms with Crippen LogP contribution in [-0.2, 0) is 0 Å². The third kappa shape index (κ3) is 3.00. The van der Waals surface area contributed by atoms with Gasteiger partial charge in [0.2, 0.25) is 0 Å². The lowest BCUT2D eigenvalue weighted by molar-refractivity contribution is 0.880. The van der Waals surface area contributed by atoms with Crippen molar-refractivity contribution in [3.05, 3.63) is 81.5 Å². The first kappa shape index (κ1) is 14.6. The number of benzene rings is 2. The molecule has 0 aliphatic rings. The van der Waals surface area contributed by atoms with E-state index in [0.717, 1.165) is 21.3 Å². The van der Waals surface area contributed by atoms with E-state index < -0.39 is 0 Å². The van der Waals surface area contributed by atoms with Crippen LogP contribution in [-0.4, -0.2) is 9.78 Å². The molecule has 3 aromatic rings. The number of aromatic nitrogens is 2. The summed E-state index contributed by atoms with van der Waals surface area (Å²) in [5, 5.41) is 4.65. The molecule has 0 spiro atoms. The van der Waals surface area contributed by atoms with Gasteiger partial charge in [0.25, 0.3) is 0 Å². The summed E-state index contributed by atoms with van der Waals surface area (Å²) in [6.45, 7) is 0. The van der Waals surface area contributed by atoms with Crippen LogP contribution in [0, 0.1) is 0 Å². The Hall–Kier alpha value is -1.29. The second-order valence-corrected chi connectivity index (χ2v) is 6.23. The van der Waals surface area contributed by atoms with E-state index in [1.54, 1.807) is 10.9 Å². The molecule has 0 N–H and O–H groups in total. The van der Waals surface area contributed by atoms with Crippen LogP contribution >= 0.6 is 39.1 Å². The van der Waals surface area contributed by atoms with Gasteiger partial charge in [-0.2, -0.15) is 5.10 Å². The molecule has 0 amide bonds. The van der Waals surface area contributed by atoms with E-state index in [1.165, 1.54) is 0 Å². The standard InChI is InChI=1S/C16H11BrCl2N2/c17-14-8-4-7-13(16(14)19)15(18)11-9-20-21(10-11)12-5-2-1-3-6-12/h1-10,15H. The second kappa shape index (κ2) is 6.22. The van der Waals surface area contributed by atoms with Gasteiger partial charge in [-0.1, -0.05) is 41.9 Å². The van der Waals surface area contributed by atoms with E-state index >= 15 is 0 Å². The van der Waals surface area contributed by atoms with Crippen LogP contribution in [0.4, 0.5) is 0 Å². The van der Waals surface area contributed by atoms with Gasteiger partial charge in [0.1, 0.15) is 0 Å². The van der Waals surface area contributed by atoms with Crippen molar-refractivity contribution in [3.63, 3.8) is 0 Å². The quantitative estimate of drug-likeness (QED) is 0.538. The third-order valence-corrected chi connectivity index (χ3v) is 4.97. The Labute approximate surface area is 141 Å². The molecule has 2 aromatic carbocycles. The number of hydrogen-bond acceptors (Lipinski definition) is 1. The molecule has 21 heavy (non-hydrogen) atoms. The van der Waals surface area contributed by atoms with Crippen molar-refractivity contribution < 1.29 is 0 Å². The normalized spacial score (nSPS) is 12.3. The Bertz CT molecular complexity index is 756. The molecule has 0 fully saturated rings. The van der Waals surface area contributed by atoms with Gasteiger partial charge in [-0.05, 0) is 39.7 Å². The van der Waals surface area contributed by atoms with E-state index in [1.807, 2.05) is 54.7 Å². The second-order valence-electron chi connectivity index (χ2n) is 4.56. The zero-order valence-corrected chi connectivity index (χ0v) is 14.0. The van der Waals surface area contributed by atoms with Crippen molar-refractivity contribution in [2.45, 2.75) is 5.38 Å². The van der Waals surface area contributed by atoms with E-state index in [4.69, 9.17) is 23.2 Å². The van der Waals surface area contributed by atoms with Crippen molar-refractivity contribution in [2.24, 2.45) is 0 Å². The maximum absolute atomic E-state index is 6.55. The molecule has 0 aliphatic carbocycles. The molecule has 106 valence electrons. The molecule has 0 radical (unpaired) electrons. The van der Waals surface area contributed by atoms with Crippen molar-refractivity contribution >= 4 is 39.1 Å². The molecule has 1 unspecified atom stereocenters. The molecule has 3 rings (SSSR count). The van der Waals surface area contributed by atoms with Gasteiger partial charge in [-0.3, -0.25) is 0 Å². The van der Waals surface area contributed by atoms with Crippen LogP contribution in [0.3, 0.4) is 0 Å². The average Bonchev–Trinajstić information content (AvgIpc) is 3.00. The maximum atomic E-state index is 6.55. The monoisotopic (exact) mass is 380 g/mol. The summed E-state index contributed by atoms with van der Waals surface area (Å²) in [5.74, 6) is 0. The van der Waals surface area contributed by atoms with Crippen LogP contribution in [0.25, 0.3) is 5.69 Å². The summed E-state index contributed by atoms with van der Waals surface area (Å²) in [6.07, 6.45) is 3.69. The molecule has 0 aliphatic heterocycles. The fraction of sp³-hybridized carbons (Fsp3) is 0.0625. The Morgan fingerprint density at radius 3 is 2.57 bits per heavy atom. The summed E-state index contributed by atoms with van der Waals surface area (Å²) < 4.78 is 2.64. The van der Waals surface area contributed by atoms with Gasteiger partial charge in [0, 0.05) is 16.2 Å². The van der Waals surface area contributed by atoms with Gasteiger partial charge in [0.05, 0.1) is 22.3 Å². The molecule has 0 saturated heterocycles. The van der Waals surface area contributed by atoms with Crippen molar-refractivity contribution in [3.8, 4) is 5.69 Å². The number of rotatable bonds is 3. The van der Waals surface area contributed by atoms with Gasteiger partial charge in [-0.15, -0.1) is 11.6 Å². The van der Waals surface area contributed by atoms with Crippen LogP contribution in [0.2, 0.25) is 5.02 Å². The summed E-state index contributed by atoms with van der Waals surface area (Å²) in [5.41, 5.74) is 2.76. The van der Waals surface area contributed by atoms with Gasteiger partial charge < -0.3 is 0 Å². The topological polar surface area (TPSA) is 17.8 Å². The maximum Gasteiger partial charge on any atom is 0.0880 e. The van der Waals surface area contributed by atoms with Crippen molar-refractivity contribution in [1.82, 2.24) is 9.78 Å². The average molecular weight is 382 g/mol. The fourth-order valence-corrected chi connectivity index (χ4v) is 3.05. The first-order valence-electron chi connectivity index (χ1n) is 6.35. The van der Waals surface area contributed by atoms with Gasteiger partial charge >= 0.3 is 0 Å². The van der Waals surface area contributed by atoms with Crippen molar-refractivity contribution in [2.75, 3.05) is 0 Å². The molecule has 1 heterocycles. The first-order chi connectivity index (χ1) is 10.2. The summed E-state index contributed by atoms with van der Waals surface area (Å²) in [6, 6.07) is 15.6. The van der Waals surface area contributed by atoms with Crippen LogP contribution in [0.5, 0.6) is 0 Å². The van der Waals surface area contributed by atoms with Gasteiger partial charge in [0.15, 0.2) is 0 Å². The minimum absolute atomic E-state index is 0.340. The fourth-order valence-electron chi connectivity index (χ4n) is 2.09. The SMILES string of the molecule is Clc1c(Br)cccc1C(Cl)c1cnn(-c2ccccc2)c1. The largest absolute Gasteiger partial charge is 0.241 e. The minimum atomic E-state index is -0.340. The zero-order chi connectivity index (χ0) is 14.8. The summed E-state index contributed by atoms with van der Waals surface area (Å²) in [4.78, 5) is 0. The highest BCUT2D eigenvalue weighted by Crippen LogP contribution is 2.37. The third-order valence-electron chi connectivity index (χ3n) is 3.17. The Morgan fingerprint density at radius 1 is 1.05 bits per heavy atom. The van der Waals surface area contributed by atoms with Crippen LogP contribution in [0.1, 0.15) is 16.5 Å². The Balaban J connectivity index is 1.95. The predicted molar refractivity (Wildman–Crippen MR) is 90.4 cm³/mol. The highest BCUT2D eigenvalue weighted by molar-refractivity contribution is 9.10. The molecule has 5 heteroatoms. The molecular weight excluding hydrogens is 371 g/mol. The highest BCUT2D eigenvalue weighted by Gasteiger charge is 2.17. The van der Waals surface area contributed by atoms with E-state index in [2.05, 4.69) is 21.0 Å². The van der Waals surface area contributed by atoms with E-state index in [9.17, 15) is 0 Å². The number of para-hydroxylation sites is 1. The minimum Gasteiger partial charge on any atom is -0.241 e. The Kier molecular flexibility index (Phi) is 4.34. The molecule has 2 nitrogen and oxygen atoms in total. The highest BCUT2D eigenvalue weighted by atomic mass is 79.9. The molecule has 0 bridgehead atoms. The van der Waals surface area contributed by atoms with Gasteiger partial charge in [-0.25, -0.2) is 4.68 Å². The van der Waals surface area contributed by atoms with E-state index in [-0.39, 0.29) is 5.38 Å². The number of hydrogen-bond donors (Lipinski definition) is 0. The van der Waals surface area contributed by atoms with Crippen LogP contribution in [0.15, 0.2) is 65.4 Å². The summed E-state index contributed by atoms with van der Waals surface area (Å²) in [7, 11) is 0. The lowest BCUT2D eigenvalue weighted by Gasteiger charge is -2.10. The molecule has 1 atom stereocenters. The van der Waals surface area contributed by atoms with E-state index in [0.29, 0.717) is 5.02 Å². The molecule has 1 aromatic heterocycles. The zero-order valence-electron chi connectivity index (χ0n) is 10.9. The number of halogens is 3. The first-order valence-corrected chi connectivity index (χ1v) is 7.95.